The number of aromatic nitrogens is 3. The second-order valence-corrected chi connectivity index (χ2v) is 10.6. The van der Waals surface area contributed by atoms with Gasteiger partial charge in [0.15, 0.2) is 0 Å². The lowest BCUT2D eigenvalue weighted by atomic mass is 9.88. The first kappa shape index (κ1) is 25.6. The molecule has 2 aliphatic rings. The van der Waals surface area contributed by atoms with Crippen LogP contribution in [0.25, 0.3) is 10.9 Å². The molecule has 1 aromatic carbocycles. The monoisotopic (exact) mass is 518 g/mol. The van der Waals surface area contributed by atoms with Gasteiger partial charge in [0.2, 0.25) is 5.91 Å². The van der Waals surface area contributed by atoms with Crippen molar-refractivity contribution in [3.8, 4) is 0 Å². The number of benzene rings is 1. The fourth-order valence-electron chi connectivity index (χ4n) is 4.85. The van der Waals surface area contributed by atoms with Crippen LogP contribution < -0.4 is 10.6 Å². The van der Waals surface area contributed by atoms with E-state index in [9.17, 15) is 4.79 Å². The Balaban J connectivity index is 1.11. The van der Waals surface area contributed by atoms with Gasteiger partial charge in [-0.2, -0.15) is 11.8 Å². The molecule has 194 valence electrons. The molecule has 3 heterocycles. The molecule has 1 unspecified atom stereocenters. The standard InChI is InChI=1S/C28H34N6O2S/c35-27(7-3-15-37-16-4-10-34-11-13-36-14-12-34)33-26-18-24-25(19-29-26)30-20-31-28(24)32-23-9-8-21-5-1-2-6-22(21)17-23/h1-3,5-7,18-20,23H,4,8-17H2,(H,29,33,35)(H,30,31,32). The van der Waals surface area contributed by atoms with Gasteiger partial charge in [-0.25, -0.2) is 15.0 Å². The van der Waals surface area contributed by atoms with Gasteiger partial charge in [-0.3, -0.25) is 9.69 Å². The Bertz CT molecular complexity index is 1230. The molecule has 37 heavy (non-hydrogen) atoms. The highest BCUT2D eigenvalue weighted by atomic mass is 32.2. The molecule has 1 amide bonds. The van der Waals surface area contributed by atoms with Crippen molar-refractivity contribution in [2.45, 2.75) is 31.7 Å². The first-order valence-electron chi connectivity index (χ1n) is 13.0. The molecule has 1 atom stereocenters. The van der Waals surface area contributed by atoms with Crippen LogP contribution in [0.1, 0.15) is 24.0 Å². The number of rotatable bonds is 10. The van der Waals surface area contributed by atoms with Gasteiger partial charge in [0, 0.05) is 36.3 Å². The molecular formula is C28H34N6O2S. The molecule has 1 aliphatic heterocycles. The van der Waals surface area contributed by atoms with Crippen molar-refractivity contribution >= 4 is 40.2 Å². The van der Waals surface area contributed by atoms with Crippen LogP contribution in [-0.4, -0.2) is 76.2 Å². The quantitative estimate of drug-likeness (QED) is 0.308. The van der Waals surface area contributed by atoms with Gasteiger partial charge in [-0.15, -0.1) is 0 Å². The molecule has 1 fully saturated rings. The van der Waals surface area contributed by atoms with Crippen molar-refractivity contribution in [1.82, 2.24) is 19.9 Å². The summed E-state index contributed by atoms with van der Waals surface area (Å²) in [4.78, 5) is 28.1. The van der Waals surface area contributed by atoms with Gasteiger partial charge < -0.3 is 15.4 Å². The van der Waals surface area contributed by atoms with Gasteiger partial charge in [0.25, 0.3) is 0 Å². The molecule has 2 N–H and O–H groups in total. The third kappa shape index (κ3) is 7.28. The van der Waals surface area contributed by atoms with Crippen molar-refractivity contribution in [2.24, 2.45) is 0 Å². The van der Waals surface area contributed by atoms with E-state index in [1.54, 1.807) is 18.6 Å². The van der Waals surface area contributed by atoms with Crippen LogP contribution in [0.2, 0.25) is 0 Å². The zero-order valence-corrected chi connectivity index (χ0v) is 21.9. The Kier molecular flexibility index (Phi) is 9.00. The SMILES string of the molecule is O=C(C=CCSCCCN1CCOCC1)Nc1cc2c(NC3CCc4ccccc4C3)ncnc2cn1. The minimum atomic E-state index is -0.184. The number of ether oxygens (including phenoxy) is 1. The highest BCUT2D eigenvalue weighted by Crippen LogP contribution is 2.26. The number of nitrogens with zero attached hydrogens (tertiary/aromatic N) is 4. The van der Waals surface area contributed by atoms with Crippen LogP contribution in [0, 0.1) is 0 Å². The number of carbonyl (C=O) groups excluding carboxylic acids is 1. The van der Waals surface area contributed by atoms with E-state index < -0.39 is 0 Å². The number of carbonyl (C=O) groups is 1. The highest BCUT2D eigenvalue weighted by Gasteiger charge is 2.19. The van der Waals surface area contributed by atoms with Crippen molar-refractivity contribution < 1.29 is 9.53 Å². The maximum Gasteiger partial charge on any atom is 0.249 e. The number of amides is 1. The van der Waals surface area contributed by atoms with Crippen LogP contribution >= 0.6 is 11.8 Å². The summed E-state index contributed by atoms with van der Waals surface area (Å²) in [7, 11) is 0. The lowest BCUT2D eigenvalue weighted by Gasteiger charge is -2.26. The van der Waals surface area contributed by atoms with Crippen LogP contribution in [0.5, 0.6) is 0 Å². The molecule has 0 radical (unpaired) electrons. The first-order chi connectivity index (χ1) is 18.2. The van der Waals surface area contributed by atoms with Crippen LogP contribution in [0.4, 0.5) is 11.6 Å². The van der Waals surface area contributed by atoms with Gasteiger partial charge in [-0.05, 0) is 55.2 Å². The third-order valence-corrected chi connectivity index (χ3v) is 7.82. The molecule has 2 aromatic heterocycles. The number of nitrogens with one attached hydrogen (secondary N) is 2. The largest absolute Gasteiger partial charge is 0.379 e. The average Bonchev–Trinajstić information content (AvgIpc) is 2.93. The minimum Gasteiger partial charge on any atom is -0.379 e. The molecule has 1 saturated heterocycles. The van der Waals surface area contributed by atoms with E-state index in [1.165, 1.54) is 11.1 Å². The van der Waals surface area contributed by atoms with E-state index in [0.29, 0.717) is 11.9 Å². The second kappa shape index (κ2) is 13.0. The smallest absolute Gasteiger partial charge is 0.249 e. The van der Waals surface area contributed by atoms with Gasteiger partial charge in [0.05, 0.1) is 24.9 Å². The van der Waals surface area contributed by atoms with E-state index in [4.69, 9.17) is 4.74 Å². The normalized spacial score (nSPS) is 18.1. The topological polar surface area (TPSA) is 92.3 Å². The van der Waals surface area contributed by atoms with Crippen molar-refractivity contribution in [1.29, 1.82) is 0 Å². The predicted molar refractivity (Wildman–Crippen MR) is 150 cm³/mol. The maximum atomic E-state index is 12.5. The summed E-state index contributed by atoms with van der Waals surface area (Å²) >= 11 is 1.84. The van der Waals surface area contributed by atoms with Crippen molar-refractivity contribution in [2.75, 3.05) is 55.0 Å². The summed E-state index contributed by atoms with van der Waals surface area (Å²) in [6.45, 7) is 4.87. The summed E-state index contributed by atoms with van der Waals surface area (Å²) in [5, 5.41) is 7.34. The fraction of sp³-hybridized carbons (Fsp3) is 0.429. The maximum absolute atomic E-state index is 12.5. The van der Waals surface area contributed by atoms with Gasteiger partial charge >= 0.3 is 0 Å². The van der Waals surface area contributed by atoms with E-state index in [0.717, 1.165) is 86.8 Å². The van der Waals surface area contributed by atoms with Crippen LogP contribution in [0.3, 0.4) is 0 Å². The minimum absolute atomic E-state index is 0.184. The van der Waals surface area contributed by atoms with Gasteiger partial charge in [0.1, 0.15) is 18.0 Å². The number of morpholine rings is 1. The summed E-state index contributed by atoms with van der Waals surface area (Å²) < 4.78 is 5.38. The zero-order valence-electron chi connectivity index (χ0n) is 21.1. The summed E-state index contributed by atoms with van der Waals surface area (Å²) in [5.41, 5.74) is 3.57. The molecule has 5 rings (SSSR count). The Labute approximate surface area is 222 Å². The number of aryl methyl sites for hydroxylation is 1. The molecule has 9 heteroatoms. The lowest BCUT2D eigenvalue weighted by Crippen LogP contribution is -2.36. The molecule has 0 spiro atoms. The summed E-state index contributed by atoms with van der Waals surface area (Å²) in [6, 6.07) is 10.8. The number of pyridine rings is 1. The number of hydrogen-bond donors (Lipinski definition) is 2. The Morgan fingerprint density at radius 3 is 2.92 bits per heavy atom. The molecule has 3 aromatic rings. The van der Waals surface area contributed by atoms with Crippen molar-refractivity contribution in [3.63, 3.8) is 0 Å². The Morgan fingerprint density at radius 1 is 1.16 bits per heavy atom. The fourth-order valence-corrected chi connectivity index (χ4v) is 5.58. The summed E-state index contributed by atoms with van der Waals surface area (Å²) in [5.74, 6) is 2.98. The number of fused-ring (bicyclic) bond motifs is 2. The van der Waals surface area contributed by atoms with E-state index in [-0.39, 0.29) is 5.91 Å². The first-order valence-corrected chi connectivity index (χ1v) is 14.2. The molecule has 0 bridgehead atoms. The molecule has 0 saturated carbocycles. The number of thioether (sulfide) groups is 1. The number of hydrogen-bond acceptors (Lipinski definition) is 8. The molecular weight excluding hydrogens is 484 g/mol. The van der Waals surface area contributed by atoms with E-state index in [2.05, 4.69) is 54.8 Å². The Hall–Kier alpha value is -3.01. The Morgan fingerprint density at radius 2 is 2.03 bits per heavy atom. The van der Waals surface area contributed by atoms with E-state index >= 15 is 0 Å². The molecule has 1 aliphatic carbocycles. The highest BCUT2D eigenvalue weighted by molar-refractivity contribution is 7.99. The third-order valence-electron chi connectivity index (χ3n) is 6.81. The van der Waals surface area contributed by atoms with E-state index in [1.807, 2.05) is 23.9 Å². The lowest BCUT2D eigenvalue weighted by molar-refractivity contribution is -0.111. The van der Waals surface area contributed by atoms with Crippen molar-refractivity contribution in [3.05, 3.63) is 66.1 Å². The van der Waals surface area contributed by atoms with Crippen LogP contribution in [0.15, 0.2) is 55.0 Å². The number of anilines is 2. The zero-order chi connectivity index (χ0) is 25.3. The average molecular weight is 519 g/mol. The molecule has 8 nitrogen and oxygen atoms in total. The second-order valence-electron chi connectivity index (χ2n) is 9.44. The predicted octanol–water partition coefficient (Wildman–Crippen LogP) is 3.94. The van der Waals surface area contributed by atoms with Crippen LogP contribution in [-0.2, 0) is 22.4 Å². The van der Waals surface area contributed by atoms with Gasteiger partial charge in [-0.1, -0.05) is 30.3 Å². The summed E-state index contributed by atoms with van der Waals surface area (Å²) in [6.07, 6.45) is 11.0.